The van der Waals surface area contributed by atoms with Gasteiger partial charge >= 0.3 is 19.5 Å². The number of hydrogen-bond acceptors (Lipinski definition) is 1. The molecule has 0 atom stereocenters. The summed E-state index contributed by atoms with van der Waals surface area (Å²) in [7, 11) is -1.75. The van der Waals surface area contributed by atoms with Gasteiger partial charge in [0.15, 0.2) is 0 Å². The Bertz CT molecular complexity index is 1900. The summed E-state index contributed by atoms with van der Waals surface area (Å²) in [5, 5.41) is 8.61. The van der Waals surface area contributed by atoms with Crippen molar-refractivity contribution in [2.45, 2.75) is 5.41 Å². The number of hydrogen-bond donors (Lipinski definition) is 0. The largest absolute Gasteiger partial charge is 3.00 e. The van der Waals surface area contributed by atoms with Crippen LogP contribution < -0.4 is 31.8 Å². The third kappa shape index (κ3) is 13.1. The first kappa shape index (κ1) is 47.0. The monoisotopic (exact) mass is 880 g/mol. The maximum absolute atomic E-state index is 7.75. The average Bonchev–Trinajstić information content (AvgIpc) is 3.30. The van der Waals surface area contributed by atoms with Gasteiger partial charge in [-0.05, 0) is 72.8 Å². The number of carbonyl (C=O) groups excluding carboxylic acids is 1. The van der Waals surface area contributed by atoms with Crippen LogP contribution >= 0.6 is 15.8 Å². The molecule has 0 fully saturated rings. The van der Waals surface area contributed by atoms with E-state index in [-0.39, 0.29) is 32.3 Å². The second-order valence-corrected chi connectivity index (χ2v) is 17.8. The molecule has 8 aromatic carbocycles. The van der Waals surface area contributed by atoms with E-state index in [0.717, 1.165) is 11.1 Å². The molecular formula is C54H51OP2Rh+2. The van der Waals surface area contributed by atoms with Gasteiger partial charge in [-0.2, -0.15) is 0 Å². The molecule has 0 saturated carbocycles. The first-order chi connectivity index (χ1) is 27.7. The van der Waals surface area contributed by atoms with Gasteiger partial charge in [-0.3, -0.25) is 6.79 Å². The third-order valence-corrected chi connectivity index (χ3v) is 14.8. The summed E-state index contributed by atoms with van der Waals surface area (Å²) in [5.74, 6) is 0. The molecule has 0 saturated heterocycles. The van der Waals surface area contributed by atoms with Gasteiger partial charge in [0.25, 0.3) is 0 Å². The maximum Gasteiger partial charge on any atom is 3.00 e. The minimum absolute atomic E-state index is 0. The smallest absolute Gasteiger partial charge is 0.545 e. The van der Waals surface area contributed by atoms with Gasteiger partial charge in [0.1, 0.15) is 31.8 Å². The Balaban J connectivity index is 0.000000225. The first-order valence-electron chi connectivity index (χ1n) is 18.6. The second kappa shape index (κ2) is 25.8. The zero-order chi connectivity index (χ0) is 39.3. The fourth-order valence-electron chi connectivity index (χ4n) is 6.50. The number of allylic oxidation sites excluding steroid dienone is 1. The molecule has 0 aliphatic rings. The Morgan fingerprint density at radius 3 is 0.672 bits per heavy atom. The summed E-state index contributed by atoms with van der Waals surface area (Å²) in [6.45, 7) is 11.5. The molecule has 0 aliphatic carbocycles. The summed E-state index contributed by atoms with van der Waals surface area (Å²) < 4.78 is 0. The Labute approximate surface area is 362 Å². The molecule has 8 rings (SSSR count). The number of benzene rings is 8. The molecule has 58 heavy (non-hydrogen) atoms. The van der Waals surface area contributed by atoms with Crippen molar-refractivity contribution in [3.63, 3.8) is 0 Å². The van der Waals surface area contributed by atoms with E-state index in [1.165, 1.54) is 31.8 Å². The zero-order valence-electron chi connectivity index (χ0n) is 32.9. The Morgan fingerprint density at radius 1 is 0.362 bits per heavy atom. The van der Waals surface area contributed by atoms with Crippen molar-refractivity contribution >= 4 is 54.5 Å². The molecule has 0 spiro atoms. The van der Waals surface area contributed by atoms with Crippen LogP contribution in [0.25, 0.3) is 0 Å². The third-order valence-electron chi connectivity index (χ3n) is 9.30. The van der Waals surface area contributed by atoms with Crippen LogP contribution in [0.15, 0.2) is 255 Å². The topological polar surface area (TPSA) is 17.1 Å². The molecule has 0 N–H and O–H groups in total. The SMILES string of the molecule is C=CC([CH2-])(c1ccccc1)c1ccccc1.[CH-]=O.[CH3-].[Rh+3].c1ccc([PH+](c2ccccc2)c2ccccc2)cc1.c1ccc([PH+](c2ccccc2)c2ccccc2)cc1. The second-order valence-electron chi connectivity index (χ2n) is 12.9. The van der Waals surface area contributed by atoms with Crippen molar-refractivity contribution < 1.29 is 24.3 Å². The summed E-state index contributed by atoms with van der Waals surface area (Å²) in [4.78, 5) is 7.75. The van der Waals surface area contributed by atoms with Crippen LogP contribution in [0.5, 0.6) is 0 Å². The van der Waals surface area contributed by atoms with Crippen LogP contribution in [0, 0.1) is 14.4 Å². The minimum atomic E-state index is -0.877. The van der Waals surface area contributed by atoms with E-state index < -0.39 is 15.8 Å². The predicted molar refractivity (Wildman–Crippen MR) is 255 cm³/mol. The molecule has 0 heterocycles. The average molecular weight is 881 g/mol. The van der Waals surface area contributed by atoms with E-state index in [1.54, 1.807) is 0 Å². The minimum Gasteiger partial charge on any atom is -0.545 e. The van der Waals surface area contributed by atoms with Crippen molar-refractivity contribution in [1.29, 1.82) is 0 Å². The quantitative estimate of drug-likeness (QED) is 0.0464. The standard InChI is InChI=1S/2C18H15P.C16H15.CHO.CH3.Rh/c2*1-4-10-16(11-5-1)19(17-12-6-2-7-13-17)18-14-8-3-9-15-18;1-3-16(2,14-10-6-4-7-11-14)15-12-8-5-9-13-15;1-2;;/h2*1-15H;3-13H,1-2H2;1H;1H3;/q;;3*-1;+3/p+2. The zero-order valence-corrected chi connectivity index (χ0v) is 36.5. The molecule has 1 nitrogen and oxygen atoms in total. The van der Waals surface area contributed by atoms with Gasteiger partial charge in [-0.1, -0.05) is 186 Å². The first-order valence-corrected chi connectivity index (χ1v) is 21.6. The summed E-state index contributed by atoms with van der Waals surface area (Å²) in [6.07, 6.45) is 1.90. The van der Waals surface area contributed by atoms with E-state index in [0.29, 0.717) is 0 Å². The van der Waals surface area contributed by atoms with Crippen LogP contribution in [0.1, 0.15) is 11.1 Å². The predicted octanol–water partition coefficient (Wildman–Crippen LogP) is 10.5. The van der Waals surface area contributed by atoms with E-state index in [4.69, 9.17) is 4.79 Å². The van der Waals surface area contributed by atoms with Gasteiger partial charge in [0.2, 0.25) is 0 Å². The Kier molecular flexibility index (Phi) is 20.9. The molecule has 0 aliphatic heterocycles. The molecule has 0 aromatic heterocycles. The van der Waals surface area contributed by atoms with Crippen LogP contribution in [0.3, 0.4) is 0 Å². The van der Waals surface area contributed by atoms with Gasteiger partial charge < -0.3 is 19.1 Å². The van der Waals surface area contributed by atoms with Gasteiger partial charge in [-0.25, -0.2) is 0 Å². The fourth-order valence-corrected chi connectivity index (χ4v) is 11.7. The van der Waals surface area contributed by atoms with Crippen molar-refractivity contribution in [2.75, 3.05) is 0 Å². The Morgan fingerprint density at radius 2 is 0.517 bits per heavy atom. The van der Waals surface area contributed by atoms with E-state index >= 15 is 0 Å². The molecule has 0 unspecified atom stereocenters. The summed E-state index contributed by atoms with van der Waals surface area (Å²) in [6, 6.07) is 85.5. The van der Waals surface area contributed by atoms with E-state index in [1.807, 2.05) is 42.5 Å². The van der Waals surface area contributed by atoms with Gasteiger partial charge in [0, 0.05) is 0 Å². The van der Waals surface area contributed by atoms with Crippen LogP contribution in [-0.4, -0.2) is 6.79 Å². The molecule has 0 amide bonds. The summed E-state index contributed by atoms with van der Waals surface area (Å²) >= 11 is 0. The van der Waals surface area contributed by atoms with Crippen molar-refractivity contribution in [1.82, 2.24) is 0 Å². The normalized spacial score (nSPS) is 10.1. The fraction of sp³-hybridized carbons (Fsp3) is 0.0185. The molecule has 0 bridgehead atoms. The van der Waals surface area contributed by atoms with E-state index in [9.17, 15) is 0 Å². The van der Waals surface area contributed by atoms with Gasteiger partial charge in [0.05, 0.1) is 15.8 Å². The molecule has 4 heteroatoms. The van der Waals surface area contributed by atoms with Gasteiger partial charge in [-0.15, -0.1) is 12.7 Å². The van der Waals surface area contributed by atoms with Crippen molar-refractivity contribution in [3.8, 4) is 0 Å². The number of rotatable bonds is 9. The molecule has 8 aromatic rings. The van der Waals surface area contributed by atoms with Crippen molar-refractivity contribution in [3.05, 3.63) is 281 Å². The van der Waals surface area contributed by atoms with Crippen LogP contribution in [0.2, 0.25) is 0 Å². The maximum atomic E-state index is 7.75. The molecule has 0 radical (unpaired) electrons. The Hall–Kier alpha value is -5.35. The van der Waals surface area contributed by atoms with Crippen molar-refractivity contribution in [2.24, 2.45) is 0 Å². The van der Waals surface area contributed by atoms with Crippen LogP contribution in [0.4, 0.5) is 0 Å². The molecule has 290 valence electrons. The van der Waals surface area contributed by atoms with Crippen LogP contribution in [-0.2, 0) is 29.7 Å². The molecular weight excluding hydrogens is 829 g/mol. The summed E-state index contributed by atoms with van der Waals surface area (Å²) in [5.41, 5.74) is 1.97. The van der Waals surface area contributed by atoms with E-state index in [2.05, 4.69) is 227 Å².